The molecular formula is C20H22Cl2N2O2. The summed E-state index contributed by atoms with van der Waals surface area (Å²) in [4.78, 5) is 14.4. The van der Waals surface area contributed by atoms with Crippen LogP contribution in [0.25, 0.3) is 0 Å². The maximum atomic E-state index is 12.1. The van der Waals surface area contributed by atoms with Crippen molar-refractivity contribution >= 4 is 29.1 Å². The molecule has 0 radical (unpaired) electrons. The Hall–Kier alpha value is -1.59. The number of ether oxygens (including phenoxy) is 1. The Bertz CT molecular complexity index is 737. The van der Waals surface area contributed by atoms with Gasteiger partial charge in [0.05, 0.1) is 12.7 Å². The Morgan fingerprint density at radius 2 is 1.92 bits per heavy atom. The van der Waals surface area contributed by atoms with E-state index in [-0.39, 0.29) is 12.0 Å². The molecule has 138 valence electrons. The Labute approximate surface area is 164 Å². The van der Waals surface area contributed by atoms with Gasteiger partial charge < -0.3 is 10.1 Å². The second-order valence-corrected chi connectivity index (χ2v) is 7.17. The number of rotatable bonds is 6. The van der Waals surface area contributed by atoms with Crippen molar-refractivity contribution in [1.29, 1.82) is 0 Å². The molecular weight excluding hydrogens is 371 g/mol. The second kappa shape index (κ2) is 9.38. The van der Waals surface area contributed by atoms with Crippen LogP contribution >= 0.6 is 23.2 Å². The quantitative estimate of drug-likeness (QED) is 0.805. The first-order valence-electron chi connectivity index (χ1n) is 8.71. The summed E-state index contributed by atoms with van der Waals surface area (Å²) in [5.74, 6) is 0.0273. The van der Waals surface area contributed by atoms with Gasteiger partial charge >= 0.3 is 0 Å². The van der Waals surface area contributed by atoms with Crippen LogP contribution in [0.1, 0.15) is 23.7 Å². The normalized spacial score (nSPS) is 17.8. The molecule has 0 spiro atoms. The lowest BCUT2D eigenvalue weighted by molar-refractivity contribution is -0.122. The third-order valence-corrected chi connectivity index (χ3v) is 5.10. The van der Waals surface area contributed by atoms with Gasteiger partial charge in [-0.1, -0.05) is 53.5 Å². The predicted molar refractivity (Wildman–Crippen MR) is 105 cm³/mol. The zero-order valence-corrected chi connectivity index (χ0v) is 16.0. The zero-order chi connectivity index (χ0) is 18.4. The van der Waals surface area contributed by atoms with Gasteiger partial charge in [0.25, 0.3) is 0 Å². The van der Waals surface area contributed by atoms with E-state index in [4.69, 9.17) is 27.9 Å². The van der Waals surface area contributed by atoms with Crippen LogP contribution < -0.4 is 5.32 Å². The molecule has 1 unspecified atom stereocenters. The van der Waals surface area contributed by atoms with Crippen molar-refractivity contribution in [3.05, 3.63) is 69.7 Å². The van der Waals surface area contributed by atoms with Crippen LogP contribution in [-0.2, 0) is 16.1 Å². The Morgan fingerprint density at radius 3 is 2.69 bits per heavy atom. The molecule has 1 heterocycles. The average Bonchev–Trinajstić information content (AvgIpc) is 2.66. The van der Waals surface area contributed by atoms with E-state index in [1.165, 1.54) is 0 Å². The fraction of sp³-hybridized carbons (Fsp3) is 0.350. The minimum Gasteiger partial charge on any atom is -0.371 e. The molecule has 1 fully saturated rings. The molecule has 1 aliphatic heterocycles. The molecule has 1 N–H and O–H groups in total. The van der Waals surface area contributed by atoms with Gasteiger partial charge in [-0.05, 0) is 29.3 Å². The van der Waals surface area contributed by atoms with Crippen LogP contribution in [0, 0.1) is 0 Å². The lowest BCUT2D eigenvalue weighted by Gasteiger charge is -2.33. The van der Waals surface area contributed by atoms with E-state index in [9.17, 15) is 4.79 Å². The van der Waals surface area contributed by atoms with Gasteiger partial charge in [0, 0.05) is 42.6 Å². The van der Waals surface area contributed by atoms with Crippen molar-refractivity contribution in [2.45, 2.75) is 19.1 Å². The molecule has 0 aromatic heterocycles. The lowest BCUT2D eigenvalue weighted by Crippen LogP contribution is -2.40. The summed E-state index contributed by atoms with van der Waals surface area (Å²) >= 11 is 12.1. The number of benzene rings is 2. The van der Waals surface area contributed by atoms with Gasteiger partial charge in [-0.2, -0.15) is 0 Å². The van der Waals surface area contributed by atoms with Crippen molar-refractivity contribution in [3.8, 4) is 0 Å². The summed E-state index contributed by atoms with van der Waals surface area (Å²) < 4.78 is 5.86. The number of carbonyl (C=O) groups excluding carboxylic acids is 1. The van der Waals surface area contributed by atoms with E-state index < -0.39 is 0 Å². The summed E-state index contributed by atoms with van der Waals surface area (Å²) in [7, 11) is 0. The van der Waals surface area contributed by atoms with E-state index in [0.29, 0.717) is 31.1 Å². The first kappa shape index (κ1) is 19.2. The fourth-order valence-electron chi connectivity index (χ4n) is 2.97. The number of carbonyl (C=O) groups is 1. The van der Waals surface area contributed by atoms with E-state index in [0.717, 1.165) is 29.2 Å². The minimum absolute atomic E-state index is 0.0206. The third kappa shape index (κ3) is 5.45. The zero-order valence-electron chi connectivity index (χ0n) is 14.5. The molecule has 0 aliphatic carbocycles. The molecule has 2 aromatic carbocycles. The van der Waals surface area contributed by atoms with Crippen LogP contribution in [0.5, 0.6) is 0 Å². The summed E-state index contributed by atoms with van der Waals surface area (Å²) in [6, 6.07) is 15.3. The van der Waals surface area contributed by atoms with Crippen LogP contribution in [0.2, 0.25) is 10.0 Å². The standard InChI is InChI=1S/C20H22Cl2N2O2/c21-17-7-5-15(6-8-17)19-14-24(11-12-26-19)10-9-20(25)23-13-16-3-1-2-4-18(16)22/h1-8,19H,9-14H2,(H,23,25). The van der Waals surface area contributed by atoms with Crippen LogP contribution in [0.15, 0.2) is 48.5 Å². The maximum absolute atomic E-state index is 12.1. The molecule has 4 nitrogen and oxygen atoms in total. The SMILES string of the molecule is O=C(CCN1CCOC(c2ccc(Cl)cc2)C1)NCc1ccccc1Cl. The average molecular weight is 393 g/mol. The predicted octanol–water partition coefficient (Wildman–Crippen LogP) is 4.07. The van der Waals surface area contributed by atoms with E-state index in [1.807, 2.05) is 48.5 Å². The van der Waals surface area contributed by atoms with E-state index >= 15 is 0 Å². The first-order chi connectivity index (χ1) is 12.6. The fourth-order valence-corrected chi connectivity index (χ4v) is 3.30. The third-order valence-electron chi connectivity index (χ3n) is 4.48. The second-order valence-electron chi connectivity index (χ2n) is 6.33. The summed E-state index contributed by atoms with van der Waals surface area (Å²) in [6.07, 6.45) is 0.477. The highest BCUT2D eigenvalue weighted by Crippen LogP contribution is 2.23. The van der Waals surface area contributed by atoms with Gasteiger partial charge in [0.1, 0.15) is 0 Å². The Balaban J connectivity index is 1.44. The van der Waals surface area contributed by atoms with Crippen molar-refractivity contribution < 1.29 is 9.53 Å². The van der Waals surface area contributed by atoms with Crippen molar-refractivity contribution in [1.82, 2.24) is 10.2 Å². The lowest BCUT2D eigenvalue weighted by atomic mass is 10.1. The molecule has 0 saturated carbocycles. The highest BCUT2D eigenvalue weighted by molar-refractivity contribution is 6.31. The summed E-state index contributed by atoms with van der Waals surface area (Å²) in [5, 5.41) is 4.32. The molecule has 1 atom stereocenters. The van der Waals surface area contributed by atoms with Crippen LogP contribution in [0.3, 0.4) is 0 Å². The highest BCUT2D eigenvalue weighted by Gasteiger charge is 2.22. The molecule has 1 aliphatic rings. The molecule has 1 amide bonds. The maximum Gasteiger partial charge on any atom is 0.221 e. The number of amides is 1. The summed E-state index contributed by atoms with van der Waals surface area (Å²) in [6.45, 7) is 3.44. The number of hydrogen-bond donors (Lipinski definition) is 1. The first-order valence-corrected chi connectivity index (χ1v) is 9.47. The molecule has 6 heteroatoms. The van der Waals surface area contributed by atoms with Gasteiger partial charge in [-0.15, -0.1) is 0 Å². The van der Waals surface area contributed by atoms with Gasteiger partial charge in [-0.25, -0.2) is 0 Å². The smallest absolute Gasteiger partial charge is 0.221 e. The number of halogens is 2. The monoisotopic (exact) mass is 392 g/mol. The molecule has 1 saturated heterocycles. The topological polar surface area (TPSA) is 41.6 Å². The van der Waals surface area contributed by atoms with Gasteiger partial charge in [0.15, 0.2) is 0 Å². The van der Waals surface area contributed by atoms with Crippen molar-refractivity contribution in [2.75, 3.05) is 26.2 Å². The molecule has 26 heavy (non-hydrogen) atoms. The Morgan fingerprint density at radius 1 is 1.15 bits per heavy atom. The Kier molecular flexibility index (Phi) is 6.92. The van der Waals surface area contributed by atoms with Crippen molar-refractivity contribution in [2.24, 2.45) is 0 Å². The van der Waals surface area contributed by atoms with Gasteiger partial charge in [0.2, 0.25) is 5.91 Å². The number of nitrogens with one attached hydrogen (secondary N) is 1. The van der Waals surface area contributed by atoms with E-state index in [2.05, 4.69) is 10.2 Å². The largest absolute Gasteiger partial charge is 0.371 e. The number of hydrogen-bond acceptors (Lipinski definition) is 3. The minimum atomic E-state index is 0.0206. The van der Waals surface area contributed by atoms with E-state index in [1.54, 1.807) is 0 Å². The molecule has 0 bridgehead atoms. The van der Waals surface area contributed by atoms with Crippen molar-refractivity contribution in [3.63, 3.8) is 0 Å². The molecule has 2 aromatic rings. The number of morpholine rings is 1. The van der Waals surface area contributed by atoms with Crippen LogP contribution in [0.4, 0.5) is 0 Å². The summed E-state index contributed by atoms with van der Waals surface area (Å²) in [5.41, 5.74) is 2.04. The van der Waals surface area contributed by atoms with Crippen LogP contribution in [-0.4, -0.2) is 37.0 Å². The highest BCUT2D eigenvalue weighted by atomic mass is 35.5. The van der Waals surface area contributed by atoms with Gasteiger partial charge in [-0.3, -0.25) is 9.69 Å². The number of nitrogens with zero attached hydrogens (tertiary/aromatic N) is 1. The molecule has 3 rings (SSSR count).